The summed E-state index contributed by atoms with van der Waals surface area (Å²) in [7, 11) is 0. The Bertz CT molecular complexity index is 937. The summed E-state index contributed by atoms with van der Waals surface area (Å²) in [6, 6.07) is 6.04. The molecule has 0 unspecified atom stereocenters. The van der Waals surface area contributed by atoms with Gasteiger partial charge in [0.2, 0.25) is 0 Å². The van der Waals surface area contributed by atoms with Gasteiger partial charge in [-0.25, -0.2) is 4.99 Å². The molecule has 6 N–H and O–H groups in total. The Morgan fingerprint density at radius 3 is 2.77 bits per heavy atom. The van der Waals surface area contributed by atoms with Gasteiger partial charge in [0.1, 0.15) is 6.29 Å². The number of hydrazine groups is 1. The predicted molar refractivity (Wildman–Crippen MR) is 123 cm³/mol. The van der Waals surface area contributed by atoms with E-state index in [9.17, 15) is 8.68 Å². The molecule has 0 amide bonds. The van der Waals surface area contributed by atoms with Gasteiger partial charge in [-0.3, -0.25) is 15.6 Å². The first-order chi connectivity index (χ1) is 14.4. The number of aryl methyl sites for hydroxylation is 1. The number of hydrogen-bond acceptors (Lipinski definition) is 7. The number of nitrogens with zero attached hydrogens (tertiary/aromatic N) is 1. The van der Waals surface area contributed by atoms with Crippen LogP contribution in [-0.4, -0.2) is 24.9 Å². The Labute approximate surface area is 180 Å². The third-order valence-electron chi connectivity index (χ3n) is 3.42. The zero-order valence-corrected chi connectivity index (χ0v) is 17.9. The molecule has 0 aliphatic carbocycles. The standard InChI is InChI=1S/C21H25FN6OS/c1-4-25-9-5-8-18(12-16(3)24)27-28-21(14-23)26-19-13-20(30-22)15(2)11-17(19)7-6-10-29/h6-8,10-14,23,25,27H,4,24H2,1-3H3,(H,26,28)/b7-6+,16-12+,18-8+,23-14?. The van der Waals surface area contributed by atoms with Crippen molar-refractivity contribution in [3.63, 3.8) is 0 Å². The summed E-state index contributed by atoms with van der Waals surface area (Å²) in [4.78, 5) is 15.5. The van der Waals surface area contributed by atoms with Crippen molar-refractivity contribution in [2.75, 3.05) is 6.54 Å². The lowest BCUT2D eigenvalue weighted by Crippen LogP contribution is -2.37. The summed E-state index contributed by atoms with van der Waals surface area (Å²) >= 11 is 0.107. The first-order valence-corrected chi connectivity index (χ1v) is 9.70. The Balaban J connectivity index is 3.21. The molecule has 0 fully saturated rings. The number of aliphatic imine (C=N–C) groups is 1. The number of aldehydes is 1. The van der Waals surface area contributed by atoms with Crippen molar-refractivity contribution in [3.8, 4) is 12.0 Å². The van der Waals surface area contributed by atoms with E-state index >= 15 is 0 Å². The summed E-state index contributed by atoms with van der Waals surface area (Å²) in [5, 5.41) is 10.5. The maximum Gasteiger partial charge on any atom is 0.162 e. The monoisotopic (exact) mass is 428 g/mol. The number of carbonyl (C=O) groups is 1. The van der Waals surface area contributed by atoms with Crippen LogP contribution in [0.15, 0.2) is 51.6 Å². The molecule has 0 radical (unpaired) electrons. The first-order valence-electron chi connectivity index (χ1n) is 8.98. The van der Waals surface area contributed by atoms with Crippen LogP contribution in [0.25, 0.3) is 6.08 Å². The molecule has 0 aromatic heterocycles. The summed E-state index contributed by atoms with van der Waals surface area (Å²) in [5.41, 5.74) is 14.3. The number of rotatable bonds is 9. The van der Waals surface area contributed by atoms with Crippen LogP contribution in [0.2, 0.25) is 0 Å². The van der Waals surface area contributed by atoms with Crippen LogP contribution in [0.4, 0.5) is 9.57 Å². The molecule has 1 aromatic rings. The van der Waals surface area contributed by atoms with E-state index in [1.165, 1.54) is 6.08 Å². The van der Waals surface area contributed by atoms with Gasteiger partial charge >= 0.3 is 0 Å². The van der Waals surface area contributed by atoms with Gasteiger partial charge in [0.25, 0.3) is 0 Å². The highest BCUT2D eigenvalue weighted by molar-refractivity contribution is 7.94. The van der Waals surface area contributed by atoms with E-state index in [1.54, 1.807) is 44.2 Å². The molecule has 0 spiro atoms. The molecular formula is C21H25FN6OS. The third kappa shape index (κ3) is 8.67. The van der Waals surface area contributed by atoms with E-state index in [1.807, 2.05) is 6.92 Å². The first kappa shape index (κ1) is 24.5. The lowest BCUT2D eigenvalue weighted by molar-refractivity contribution is -0.104. The van der Waals surface area contributed by atoms with Crippen LogP contribution in [-0.2, 0) is 4.79 Å². The number of nitrogens with one attached hydrogen (secondary N) is 4. The molecule has 0 heterocycles. The summed E-state index contributed by atoms with van der Waals surface area (Å²) < 4.78 is 13.2. The topological polar surface area (TPSA) is 115 Å². The smallest absolute Gasteiger partial charge is 0.162 e. The molecule has 0 saturated heterocycles. The van der Waals surface area contributed by atoms with Crippen LogP contribution in [0.5, 0.6) is 0 Å². The van der Waals surface area contributed by atoms with Crippen molar-refractivity contribution < 1.29 is 8.68 Å². The number of hydrogen-bond donors (Lipinski definition) is 5. The zero-order chi connectivity index (χ0) is 22.4. The van der Waals surface area contributed by atoms with E-state index in [4.69, 9.17) is 11.1 Å². The van der Waals surface area contributed by atoms with Crippen molar-refractivity contribution >= 4 is 42.2 Å². The number of nitrogens with two attached hydrogens (primary N) is 1. The minimum atomic E-state index is 0.107. The van der Waals surface area contributed by atoms with Crippen LogP contribution >= 0.6 is 12.1 Å². The molecule has 1 rings (SSSR count). The summed E-state index contributed by atoms with van der Waals surface area (Å²) in [6.45, 7) is 6.14. The summed E-state index contributed by atoms with van der Waals surface area (Å²) in [5.74, 6) is 2.98. The van der Waals surface area contributed by atoms with Crippen LogP contribution in [0.1, 0.15) is 25.0 Å². The Morgan fingerprint density at radius 1 is 1.40 bits per heavy atom. The van der Waals surface area contributed by atoms with Gasteiger partial charge in [0.05, 0.1) is 29.7 Å². The Kier molecular flexibility index (Phi) is 11.1. The van der Waals surface area contributed by atoms with Crippen molar-refractivity contribution in [3.05, 3.63) is 52.9 Å². The highest BCUT2D eigenvalue weighted by Gasteiger charge is 2.08. The van der Waals surface area contributed by atoms with Crippen molar-refractivity contribution in [2.24, 2.45) is 10.7 Å². The quantitative estimate of drug-likeness (QED) is 0.0603. The van der Waals surface area contributed by atoms with E-state index in [0.717, 1.165) is 12.8 Å². The molecule has 0 bridgehead atoms. The molecule has 0 aliphatic heterocycles. The SMILES string of the molecule is CCNC#C/C=C(\C=C(/C)N)NNC(C=N)=Nc1cc(SF)c(C)cc1/C=C/C=O. The largest absolute Gasteiger partial charge is 0.402 e. The fraction of sp³-hybridized carbons (Fsp3) is 0.190. The Morgan fingerprint density at radius 2 is 2.17 bits per heavy atom. The normalized spacial score (nSPS) is 12.2. The number of halogens is 1. The molecular weight excluding hydrogens is 403 g/mol. The second-order valence-electron chi connectivity index (χ2n) is 5.93. The van der Waals surface area contributed by atoms with Gasteiger partial charge in [0, 0.05) is 34.8 Å². The van der Waals surface area contributed by atoms with Crippen molar-refractivity contribution in [1.82, 2.24) is 16.2 Å². The number of allylic oxidation sites excluding steroid dienone is 4. The zero-order valence-electron chi connectivity index (χ0n) is 17.0. The molecule has 0 atom stereocenters. The molecule has 1 aromatic carbocycles. The van der Waals surface area contributed by atoms with Crippen molar-refractivity contribution in [2.45, 2.75) is 25.7 Å². The van der Waals surface area contributed by atoms with Gasteiger partial charge in [0.15, 0.2) is 5.84 Å². The molecule has 9 heteroatoms. The third-order valence-corrected chi connectivity index (χ3v) is 4.03. The fourth-order valence-electron chi connectivity index (χ4n) is 2.13. The van der Waals surface area contributed by atoms with Gasteiger partial charge in [-0.2, -0.15) is 3.89 Å². The lowest BCUT2D eigenvalue weighted by atomic mass is 10.1. The number of benzene rings is 1. The van der Waals surface area contributed by atoms with Gasteiger partial charge in [-0.05, 0) is 62.6 Å². The highest BCUT2D eigenvalue weighted by atomic mass is 32.2. The minimum absolute atomic E-state index is 0.107. The maximum atomic E-state index is 13.2. The average molecular weight is 429 g/mol. The summed E-state index contributed by atoms with van der Waals surface area (Å²) in [6.07, 6.45) is 7.81. The number of carbonyl (C=O) groups excluding carboxylic acids is 1. The number of amidine groups is 1. The molecule has 30 heavy (non-hydrogen) atoms. The molecule has 7 nitrogen and oxygen atoms in total. The average Bonchev–Trinajstić information content (AvgIpc) is 2.72. The molecule has 0 aliphatic rings. The van der Waals surface area contributed by atoms with Crippen LogP contribution in [0, 0.1) is 24.3 Å². The Hall–Kier alpha value is -3.51. The fourth-order valence-corrected chi connectivity index (χ4v) is 2.47. The van der Waals surface area contributed by atoms with Crippen LogP contribution < -0.4 is 21.9 Å². The molecule has 158 valence electrons. The van der Waals surface area contributed by atoms with Gasteiger partial charge in [-0.1, -0.05) is 0 Å². The van der Waals surface area contributed by atoms with E-state index in [0.29, 0.717) is 39.4 Å². The minimum Gasteiger partial charge on any atom is -0.402 e. The second-order valence-corrected chi connectivity index (χ2v) is 6.52. The van der Waals surface area contributed by atoms with Gasteiger partial charge < -0.3 is 16.5 Å². The van der Waals surface area contributed by atoms with Gasteiger partial charge in [-0.15, -0.1) is 0 Å². The van der Waals surface area contributed by atoms with E-state index < -0.39 is 0 Å². The lowest BCUT2D eigenvalue weighted by Gasteiger charge is -2.12. The highest BCUT2D eigenvalue weighted by Crippen LogP contribution is 2.31. The predicted octanol–water partition coefficient (Wildman–Crippen LogP) is 3.27. The van der Waals surface area contributed by atoms with Crippen molar-refractivity contribution in [1.29, 1.82) is 5.41 Å². The second kappa shape index (κ2) is 13.6. The maximum absolute atomic E-state index is 13.2. The van der Waals surface area contributed by atoms with E-state index in [2.05, 4.69) is 33.1 Å². The van der Waals surface area contributed by atoms with E-state index in [-0.39, 0.29) is 18.0 Å². The van der Waals surface area contributed by atoms with Crippen LogP contribution in [0.3, 0.4) is 0 Å². The molecule has 0 saturated carbocycles.